The zero-order valence-corrected chi connectivity index (χ0v) is 10.2. The van der Waals surface area contributed by atoms with Crippen LogP contribution in [0.4, 0.5) is 0 Å². The number of hydrogen-bond acceptors (Lipinski definition) is 5. The molecule has 0 aromatic carbocycles. The number of esters is 2. The molecule has 0 aliphatic carbocycles. The predicted molar refractivity (Wildman–Crippen MR) is 57.9 cm³/mol. The van der Waals surface area contributed by atoms with Gasteiger partial charge in [-0.3, -0.25) is 9.59 Å². The Bertz CT molecular complexity index is 196. The summed E-state index contributed by atoms with van der Waals surface area (Å²) in [5.74, 6) is -0.768. The van der Waals surface area contributed by atoms with E-state index in [4.69, 9.17) is 4.74 Å². The van der Waals surface area contributed by atoms with E-state index in [2.05, 4.69) is 9.47 Å². The van der Waals surface area contributed by atoms with Crippen LogP contribution in [0, 0.1) is 0 Å². The van der Waals surface area contributed by atoms with Crippen LogP contribution in [0.5, 0.6) is 0 Å². The Morgan fingerprint density at radius 2 is 1.56 bits per heavy atom. The quantitative estimate of drug-likeness (QED) is 0.466. The highest BCUT2D eigenvalue weighted by Gasteiger charge is 2.18. The molecule has 0 atom stereocenters. The fourth-order valence-corrected chi connectivity index (χ4v) is 1.12. The first kappa shape index (κ1) is 14.9. The van der Waals surface area contributed by atoms with E-state index in [0.717, 1.165) is 12.8 Å². The van der Waals surface area contributed by atoms with Crippen LogP contribution in [-0.4, -0.2) is 38.9 Å². The van der Waals surface area contributed by atoms with Crippen molar-refractivity contribution >= 4 is 11.9 Å². The van der Waals surface area contributed by atoms with Crippen molar-refractivity contribution < 1.29 is 23.8 Å². The average molecular weight is 232 g/mol. The molecule has 0 radical (unpaired) electrons. The van der Waals surface area contributed by atoms with Crippen molar-refractivity contribution in [1.29, 1.82) is 0 Å². The van der Waals surface area contributed by atoms with E-state index in [0.29, 0.717) is 6.61 Å². The summed E-state index contributed by atoms with van der Waals surface area (Å²) in [5, 5.41) is 0. The molecule has 0 heterocycles. The number of unbranched alkanes of at least 4 members (excludes halogenated alkanes) is 1. The molecule has 16 heavy (non-hydrogen) atoms. The minimum Gasteiger partial charge on any atom is -0.469 e. The third-order valence-electron chi connectivity index (χ3n) is 2.10. The van der Waals surface area contributed by atoms with Crippen LogP contribution in [0.25, 0.3) is 0 Å². The van der Waals surface area contributed by atoms with Gasteiger partial charge in [-0.2, -0.15) is 0 Å². The van der Waals surface area contributed by atoms with Crippen molar-refractivity contribution in [3.63, 3.8) is 0 Å². The summed E-state index contributed by atoms with van der Waals surface area (Å²) in [6.45, 7) is 2.58. The molecule has 0 unspecified atom stereocenters. The molecular formula is C11H20O5. The maximum atomic E-state index is 11.1. The Balaban J connectivity index is 4.04. The first-order chi connectivity index (χ1) is 7.63. The molecule has 0 rings (SSSR count). The van der Waals surface area contributed by atoms with Crippen LogP contribution in [-0.2, 0) is 23.8 Å². The zero-order valence-electron chi connectivity index (χ0n) is 10.2. The number of carbonyl (C=O) groups excluding carboxylic acids is 2. The summed E-state index contributed by atoms with van der Waals surface area (Å²) in [5.41, 5.74) is 0. The number of rotatable bonds is 8. The van der Waals surface area contributed by atoms with E-state index in [1.807, 2.05) is 6.92 Å². The molecule has 0 aromatic rings. The molecule has 0 aromatic heterocycles. The molecule has 5 heteroatoms. The van der Waals surface area contributed by atoms with Crippen LogP contribution >= 0.6 is 0 Å². The molecule has 0 bridgehead atoms. The van der Waals surface area contributed by atoms with Gasteiger partial charge in [0.15, 0.2) is 0 Å². The number of carbonyl (C=O) groups is 2. The molecule has 0 amide bonds. The first-order valence-corrected chi connectivity index (χ1v) is 5.39. The highest BCUT2D eigenvalue weighted by molar-refractivity contribution is 5.73. The van der Waals surface area contributed by atoms with E-state index in [1.54, 1.807) is 0 Å². The van der Waals surface area contributed by atoms with Gasteiger partial charge in [0.25, 0.3) is 0 Å². The molecule has 0 saturated carbocycles. The Morgan fingerprint density at radius 1 is 1.06 bits per heavy atom. The van der Waals surface area contributed by atoms with Crippen molar-refractivity contribution in [3.05, 3.63) is 0 Å². The lowest BCUT2D eigenvalue weighted by Crippen LogP contribution is -2.23. The molecule has 94 valence electrons. The molecule has 0 N–H and O–H groups in total. The fourth-order valence-electron chi connectivity index (χ4n) is 1.12. The van der Waals surface area contributed by atoms with Gasteiger partial charge >= 0.3 is 11.9 Å². The van der Waals surface area contributed by atoms with Gasteiger partial charge < -0.3 is 14.2 Å². The summed E-state index contributed by atoms with van der Waals surface area (Å²) in [6, 6.07) is 0. The first-order valence-electron chi connectivity index (χ1n) is 5.39. The molecular weight excluding hydrogens is 212 g/mol. The maximum absolute atomic E-state index is 11.1. The maximum Gasteiger partial charge on any atom is 0.308 e. The smallest absolute Gasteiger partial charge is 0.308 e. The molecule has 0 spiro atoms. The minimum absolute atomic E-state index is 0.0787. The van der Waals surface area contributed by atoms with E-state index in [-0.39, 0.29) is 24.8 Å². The lowest BCUT2D eigenvalue weighted by atomic mass is 10.2. The summed E-state index contributed by atoms with van der Waals surface area (Å²) in [6.07, 6.45) is 1.61. The predicted octanol–water partition coefficient (Wildman–Crippen LogP) is 1.30. The summed E-state index contributed by atoms with van der Waals surface area (Å²) < 4.78 is 14.5. The summed E-state index contributed by atoms with van der Waals surface area (Å²) in [7, 11) is 2.62. The lowest BCUT2D eigenvalue weighted by molar-refractivity contribution is -0.148. The third-order valence-corrected chi connectivity index (χ3v) is 2.10. The Morgan fingerprint density at radius 3 is 1.94 bits per heavy atom. The van der Waals surface area contributed by atoms with E-state index in [9.17, 15) is 9.59 Å². The van der Waals surface area contributed by atoms with Crippen molar-refractivity contribution in [2.75, 3.05) is 20.8 Å². The molecule has 0 aliphatic rings. The largest absolute Gasteiger partial charge is 0.469 e. The Labute approximate surface area is 96.1 Å². The lowest BCUT2D eigenvalue weighted by Gasteiger charge is -2.15. The van der Waals surface area contributed by atoms with Crippen molar-refractivity contribution in [2.45, 2.75) is 38.7 Å². The van der Waals surface area contributed by atoms with Gasteiger partial charge in [0.05, 0.1) is 33.2 Å². The molecule has 0 fully saturated rings. The highest BCUT2D eigenvalue weighted by atomic mass is 16.5. The summed E-state index contributed by atoms with van der Waals surface area (Å²) in [4.78, 5) is 22.1. The van der Waals surface area contributed by atoms with Gasteiger partial charge in [-0.25, -0.2) is 0 Å². The van der Waals surface area contributed by atoms with Gasteiger partial charge in [0, 0.05) is 6.61 Å². The second-order valence-corrected chi connectivity index (χ2v) is 3.41. The molecule has 0 aliphatic heterocycles. The SMILES string of the molecule is CCCCOC(CC(=O)OC)CC(=O)OC. The van der Waals surface area contributed by atoms with Gasteiger partial charge in [0.1, 0.15) is 0 Å². The van der Waals surface area contributed by atoms with Crippen LogP contribution in [0.2, 0.25) is 0 Å². The van der Waals surface area contributed by atoms with Crippen LogP contribution in [0.3, 0.4) is 0 Å². The van der Waals surface area contributed by atoms with Crippen molar-refractivity contribution in [1.82, 2.24) is 0 Å². The second-order valence-electron chi connectivity index (χ2n) is 3.41. The normalized spacial score (nSPS) is 10.2. The Hall–Kier alpha value is -1.10. The third kappa shape index (κ3) is 7.23. The van der Waals surface area contributed by atoms with Gasteiger partial charge in [0.2, 0.25) is 0 Å². The van der Waals surface area contributed by atoms with E-state index < -0.39 is 6.10 Å². The van der Waals surface area contributed by atoms with Gasteiger partial charge in [-0.15, -0.1) is 0 Å². The van der Waals surface area contributed by atoms with E-state index in [1.165, 1.54) is 14.2 Å². The van der Waals surface area contributed by atoms with Gasteiger partial charge in [-0.1, -0.05) is 13.3 Å². The van der Waals surface area contributed by atoms with Crippen LogP contribution in [0.15, 0.2) is 0 Å². The monoisotopic (exact) mass is 232 g/mol. The minimum atomic E-state index is -0.452. The number of hydrogen-bond donors (Lipinski definition) is 0. The Kier molecular flexibility index (Phi) is 8.52. The van der Waals surface area contributed by atoms with Crippen molar-refractivity contribution in [3.8, 4) is 0 Å². The number of ether oxygens (including phenoxy) is 3. The van der Waals surface area contributed by atoms with E-state index >= 15 is 0 Å². The molecule has 0 saturated heterocycles. The van der Waals surface area contributed by atoms with Crippen LogP contribution in [0.1, 0.15) is 32.6 Å². The average Bonchev–Trinajstić information content (AvgIpc) is 2.28. The molecule has 5 nitrogen and oxygen atoms in total. The van der Waals surface area contributed by atoms with Gasteiger partial charge in [-0.05, 0) is 6.42 Å². The number of methoxy groups -OCH3 is 2. The summed E-state index contributed by atoms with van der Waals surface area (Å²) >= 11 is 0. The zero-order chi connectivity index (χ0) is 12.4. The fraction of sp³-hybridized carbons (Fsp3) is 0.818. The second kappa shape index (κ2) is 9.15. The standard InChI is InChI=1S/C11H20O5/c1-4-5-6-16-9(7-10(12)14-2)8-11(13)15-3/h9H,4-8H2,1-3H3. The highest BCUT2D eigenvalue weighted by Crippen LogP contribution is 2.07. The topological polar surface area (TPSA) is 61.8 Å². The van der Waals surface area contributed by atoms with Crippen LogP contribution < -0.4 is 0 Å². The van der Waals surface area contributed by atoms with Crippen molar-refractivity contribution in [2.24, 2.45) is 0 Å².